The second-order valence-corrected chi connectivity index (χ2v) is 28.1. The van der Waals surface area contributed by atoms with Crippen molar-refractivity contribution in [3.8, 4) is 0 Å². The number of ether oxygens (including phenoxy) is 1. The van der Waals surface area contributed by atoms with Gasteiger partial charge >= 0.3 is 5.97 Å². The topological polar surface area (TPSA) is 95.9 Å². The smallest absolute Gasteiger partial charge is 0.305 e. The quantitative estimate of drug-likeness (QED) is 0.0320. The summed E-state index contributed by atoms with van der Waals surface area (Å²) < 4.78 is 5.50. The average molecular weight is 1250 g/mol. The lowest BCUT2D eigenvalue weighted by atomic mass is 10.0. The third-order valence-corrected chi connectivity index (χ3v) is 19.2. The summed E-state index contributed by atoms with van der Waals surface area (Å²) in [6, 6.07) is -0.624. The van der Waals surface area contributed by atoms with Gasteiger partial charge in [0.2, 0.25) is 5.91 Å². The van der Waals surface area contributed by atoms with E-state index >= 15 is 0 Å². The molecule has 0 aromatic heterocycles. The van der Waals surface area contributed by atoms with Gasteiger partial charge in [-0.2, -0.15) is 0 Å². The highest BCUT2D eigenvalue weighted by Crippen LogP contribution is 2.20. The van der Waals surface area contributed by atoms with Crippen LogP contribution >= 0.6 is 0 Å². The van der Waals surface area contributed by atoms with Crippen molar-refractivity contribution >= 4 is 11.9 Å². The Labute approximate surface area is 557 Å². The van der Waals surface area contributed by atoms with Crippen molar-refractivity contribution < 1.29 is 24.5 Å². The van der Waals surface area contributed by atoms with Gasteiger partial charge in [-0.25, -0.2) is 0 Å². The zero-order valence-electron chi connectivity index (χ0n) is 60.4. The van der Waals surface area contributed by atoms with Crippen LogP contribution in [-0.2, 0) is 14.3 Å². The predicted molar refractivity (Wildman–Crippen MR) is 393 cm³/mol. The fraction of sp³-hybridized carbons (Fsp3) is 0.904. The number of aliphatic hydroxyl groups is 2. The molecule has 6 nitrogen and oxygen atoms in total. The molecule has 0 aliphatic carbocycles. The summed E-state index contributed by atoms with van der Waals surface area (Å²) in [6.45, 7) is 4.92. The molecule has 6 heteroatoms. The van der Waals surface area contributed by atoms with Gasteiger partial charge in [0.05, 0.1) is 25.4 Å². The van der Waals surface area contributed by atoms with E-state index in [0.29, 0.717) is 19.4 Å². The highest BCUT2D eigenvalue weighted by Gasteiger charge is 2.18. The van der Waals surface area contributed by atoms with Crippen LogP contribution in [-0.4, -0.2) is 47.4 Å². The van der Waals surface area contributed by atoms with Crippen LogP contribution in [0.25, 0.3) is 0 Å². The molecule has 2 unspecified atom stereocenters. The van der Waals surface area contributed by atoms with Crippen LogP contribution in [0, 0.1) is 0 Å². The molecule has 0 aliphatic heterocycles. The predicted octanol–water partition coefficient (Wildman–Crippen LogP) is 27.0. The minimum absolute atomic E-state index is 0.0104. The number of esters is 1. The average Bonchev–Trinajstić information content (AvgIpc) is 3.60. The second kappa shape index (κ2) is 78.5. The molecule has 0 aromatic rings. The van der Waals surface area contributed by atoms with Crippen molar-refractivity contribution in [2.45, 2.75) is 469 Å². The van der Waals surface area contributed by atoms with Gasteiger partial charge in [0.1, 0.15) is 0 Å². The van der Waals surface area contributed by atoms with Gasteiger partial charge in [0.15, 0.2) is 0 Å². The van der Waals surface area contributed by atoms with Gasteiger partial charge in [-0.15, -0.1) is 0 Å². The van der Waals surface area contributed by atoms with E-state index < -0.39 is 12.1 Å². The highest BCUT2D eigenvalue weighted by molar-refractivity contribution is 5.76. The van der Waals surface area contributed by atoms with Gasteiger partial charge in [-0.1, -0.05) is 416 Å². The van der Waals surface area contributed by atoms with Crippen LogP contribution in [0.3, 0.4) is 0 Å². The maximum Gasteiger partial charge on any atom is 0.305 e. The van der Waals surface area contributed by atoms with Crippen LogP contribution in [0.15, 0.2) is 36.5 Å². The van der Waals surface area contributed by atoms with E-state index in [1.54, 1.807) is 6.08 Å². The first-order valence-corrected chi connectivity index (χ1v) is 40.8. The Hall–Kier alpha value is -1.92. The number of hydrogen-bond acceptors (Lipinski definition) is 5. The van der Waals surface area contributed by atoms with Crippen molar-refractivity contribution in [1.29, 1.82) is 0 Å². The van der Waals surface area contributed by atoms with Crippen LogP contribution in [0.4, 0.5) is 0 Å². The SMILES string of the molecule is CCCCC/C=C\C/C=C\CCCCCCCC(=O)OCCCCCCCCCCCCCCCCCCCCCCCCCCCCCCCCCCCCCCCCCC(=O)NC(CO)C(O)/C=C/CCCCCCCCCCCCCCCCCC. The molecule has 526 valence electrons. The largest absolute Gasteiger partial charge is 0.466 e. The number of unbranched alkanes of at least 4 members (excludes halogenated alkanes) is 62. The minimum atomic E-state index is -0.841. The summed E-state index contributed by atoms with van der Waals surface area (Å²) in [5.41, 5.74) is 0. The van der Waals surface area contributed by atoms with E-state index in [-0.39, 0.29) is 18.5 Å². The zero-order chi connectivity index (χ0) is 64.2. The number of carbonyl (C=O) groups is 2. The molecule has 0 saturated heterocycles. The van der Waals surface area contributed by atoms with Gasteiger partial charge in [0.25, 0.3) is 0 Å². The summed E-state index contributed by atoms with van der Waals surface area (Å²) in [4.78, 5) is 24.6. The van der Waals surface area contributed by atoms with E-state index in [9.17, 15) is 19.8 Å². The van der Waals surface area contributed by atoms with Crippen LogP contribution in [0.1, 0.15) is 457 Å². The van der Waals surface area contributed by atoms with Crippen LogP contribution in [0.2, 0.25) is 0 Å². The fourth-order valence-electron chi connectivity index (χ4n) is 13.0. The monoisotopic (exact) mass is 1250 g/mol. The zero-order valence-corrected chi connectivity index (χ0v) is 60.4. The lowest BCUT2D eigenvalue weighted by Gasteiger charge is -2.20. The Kier molecular flexibility index (Phi) is 76.8. The van der Waals surface area contributed by atoms with Crippen molar-refractivity contribution in [3.63, 3.8) is 0 Å². The lowest BCUT2D eigenvalue weighted by Crippen LogP contribution is -2.45. The van der Waals surface area contributed by atoms with Crippen molar-refractivity contribution in [1.82, 2.24) is 5.32 Å². The molecule has 2 atom stereocenters. The number of aliphatic hydroxyl groups excluding tert-OH is 2. The molecule has 1 amide bonds. The molecular formula is C83H159NO5. The summed E-state index contributed by atoms with van der Waals surface area (Å²) in [5, 5.41) is 23.3. The van der Waals surface area contributed by atoms with Crippen molar-refractivity contribution in [3.05, 3.63) is 36.5 Å². The molecule has 89 heavy (non-hydrogen) atoms. The van der Waals surface area contributed by atoms with Crippen LogP contribution < -0.4 is 5.32 Å². The first-order valence-electron chi connectivity index (χ1n) is 40.8. The molecule has 0 saturated carbocycles. The van der Waals surface area contributed by atoms with Gasteiger partial charge < -0.3 is 20.3 Å². The normalized spacial score (nSPS) is 12.6. The van der Waals surface area contributed by atoms with Crippen LogP contribution in [0.5, 0.6) is 0 Å². The third-order valence-electron chi connectivity index (χ3n) is 19.2. The summed E-state index contributed by atoms with van der Waals surface area (Å²) in [7, 11) is 0. The van der Waals surface area contributed by atoms with Crippen molar-refractivity contribution in [2.24, 2.45) is 0 Å². The molecule has 0 bridgehead atoms. The molecule has 0 radical (unpaired) electrons. The van der Waals surface area contributed by atoms with E-state index in [2.05, 4.69) is 43.5 Å². The number of carbonyl (C=O) groups excluding carboxylic acids is 2. The first kappa shape index (κ1) is 87.1. The minimum Gasteiger partial charge on any atom is -0.466 e. The number of allylic oxidation sites excluding steroid dienone is 5. The maximum atomic E-state index is 12.5. The number of hydrogen-bond donors (Lipinski definition) is 3. The molecule has 0 fully saturated rings. The van der Waals surface area contributed by atoms with Crippen molar-refractivity contribution in [2.75, 3.05) is 13.2 Å². The molecule has 0 rings (SSSR count). The number of amides is 1. The number of rotatable bonds is 77. The van der Waals surface area contributed by atoms with Gasteiger partial charge in [0, 0.05) is 12.8 Å². The first-order chi connectivity index (χ1) is 44.0. The Morgan fingerprint density at radius 2 is 0.562 bits per heavy atom. The standard InChI is InChI=1S/C83H159NO5/c1-3-5-7-9-11-13-15-17-19-20-44-48-51-55-59-63-67-71-75-81(86)80(79-85)84-82(87)76-72-68-64-60-56-52-49-45-42-40-38-36-34-32-30-28-26-24-22-21-23-25-27-29-31-33-35-37-39-41-43-46-50-54-58-62-66-70-74-78-89-83(88)77-73-69-65-61-57-53-47-18-16-14-12-10-8-6-4-2/h12,14,18,47,71,75,80-81,85-86H,3-11,13,15-17,19-46,48-70,72-74,76-79H2,1-2H3,(H,84,87)/b14-12-,47-18-,75-71+. The van der Waals surface area contributed by atoms with E-state index in [1.807, 2.05) is 6.08 Å². The Bertz CT molecular complexity index is 1440. The van der Waals surface area contributed by atoms with E-state index in [0.717, 1.165) is 51.4 Å². The molecule has 0 spiro atoms. The fourth-order valence-corrected chi connectivity index (χ4v) is 13.0. The summed E-state index contributed by atoms with van der Waals surface area (Å²) in [6.07, 6.45) is 103. The summed E-state index contributed by atoms with van der Waals surface area (Å²) in [5.74, 6) is -0.0475. The maximum absolute atomic E-state index is 12.5. The Morgan fingerprint density at radius 3 is 0.876 bits per heavy atom. The summed E-state index contributed by atoms with van der Waals surface area (Å²) >= 11 is 0. The molecule has 3 N–H and O–H groups in total. The van der Waals surface area contributed by atoms with Gasteiger partial charge in [-0.05, 0) is 64.2 Å². The third kappa shape index (κ3) is 75.0. The molecular weight excluding hydrogens is 1090 g/mol. The molecule has 0 heterocycles. The second-order valence-electron chi connectivity index (χ2n) is 28.1. The Balaban J connectivity index is 3.31. The molecule has 0 aliphatic rings. The van der Waals surface area contributed by atoms with E-state index in [4.69, 9.17) is 4.74 Å². The highest BCUT2D eigenvalue weighted by atomic mass is 16.5. The number of nitrogens with one attached hydrogen (secondary N) is 1. The molecule has 0 aromatic carbocycles. The van der Waals surface area contributed by atoms with E-state index in [1.165, 1.54) is 379 Å². The lowest BCUT2D eigenvalue weighted by molar-refractivity contribution is -0.143. The Morgan fingerprint density at radius 1 is 0.315 bits per heavy atom. The van der Waals surface area contributed by atoms with Gasteiger partial charge in [-0.3, -0.25) is 9.59 Å².